The molecule has 0 aliphatic rings. The molecule has 0 radical (unpaired) electrons. The van der Waals surface area contributed by atoms with Crippen LogP contribution >= 0.6 is 0 Å². The third-order valence-corrected chi connectivity index (χ3v) is 3.59. The largest absolute Gasteiger partial charge is 0.348 e. The topological polar surface area (TPSA) is 111 Å². The second-order valence-corrected chi connectivity index (χ2v) is 5.40. The summed E-state index contributed by atoms with van der Waals surface area (Å²) in [4.78, 5) is 30.8. The summed E-state index contributed by atoms with van der Waals surface area (Å²) in [5, 5.41) is 14.0. The molecule has 3 aromatic rings. The standard InChI is InChI=1S/C18H15N5O2/c19-7-6-17(24)23-14-3-1-2-12(8-14)10-20-18(25)13-4-5-15-16(9-13)22-11-21-15/h1-5,8-9,11H,6,10H2,(H,20,25)(H,21,22)(H,23,24). The van der Waals surface area contributed by atoms with Crippen LogP contribution in [0.15, 0.2) is 48.8 Å². The highest BCUT2D eigenvalue weighted by atomic mass is 16.2. The van der Waals surface area contributed by atoms with E-state index in [9.17, 15) is 9.59 Å². The zero-order valence-corrected chi connectivity index (χ0v) is 13.2. The van der Waals surface area contributed by atoms with E-state index >= 15 is 0 Å². The van der Waals surface area contributed by atoms with Gasteiger partial charge in [-0.05, 0) is 35.9 Å². The van der Waals surface area contributed by atoms with E-state index in [1.54, 1.807) is 48.8 Å². The summed E-state index contributed by atoms with van der Waals surface area (Å²) in [6, 6.07) is 14.2. The zero-order chi connectivity index (χ0) is 17.6. The first-order valence-electron chi connectivity index (χ1n) is 7.63. The number of benzene rings is 2. The van der Waals surface area contributed by atoms with Gasteiger partial charge in [0.2, 0.25) is 5.91 Å². The van der Waals surface area contributed by atoms with Gasteiger partial charge < -0.3 is 15.6 Å². The molecular formula is C18H15N5O2. The number of carbonyl (C=O) groups excluding carboxylic acids is 2. The second-order valence-electron chi connectivity index (χ2n) is 5.40. The van der Waals surface area contributed by atoms with Crippen molar-refractivity contribution >= 4 is 28.5 Å². The van der Waals surface area contributed by atoms with Gasteiger partial charge in [-0.1, -0.05) is 12.1 Å². The smallest absolute Gasteiger partial charge is 0.251 e. The fourth-order valence-corrected chi connectivity index (χ4v) is 2.40. The fraction of sp³-hybridized carbons (Fsp3) is 0.111. The van der Waals surface area contributed by atoms with Gasteiger partial charge in [0.15, 0.2) is 0 Å². The van der Waals surface area contributed by atoms with Crippen molar-refractivity contribution < 1.29 is 9.59 Å². The minimum Gasteiger partial charge on any atom is -0.348 e. The molecule has 3 N–H and O–H groups in total. The Morgan fingerprint density at radius 2 is 2.08 bits per heavy atom. The quantitative estimate of drug-likeness (QED) is 0.665. The van der Waals surface area contributed by atoms with Crippen LogP contribution in [0.2, 0.25) is 0 Å². The van der Waals surface area contributed by atoms with E-state index in [1.165, 1.54) is 0 Å². The molecule has 1 aromatic heterocycles. The molecule has 7 heteroatoms. The van der Waals surface area contributed by atoms with Gasteiger partial charge in [-0.2, -0.15) is 5.26 Å². The number of nitriles is 1. The van der Waals surface area contributed by atoms with Gasteiger partial charge in [-0.3, -0.25) is 9.59 Å². The molecule has 0 aliphatic heterocycles. The van der Waals surface area contributed by atoms with E-state index < -0.39 is 0 Å². The minimum atomic E-state index is -0.364. The zero-order valence-electron chi connectivity index (χ0n) is 13.2. The number of imidazole rings is 1. The molecule has 0 saturated heterocycles. The number of nitrogens with one attached hydrogen (secondary N) is 3. The Labute approximate surface area is 143 Å². The number of aromatic nitrogens is 2. The van der Waals surface area contributed by atoms with E-state index in [0.29, 0.717) is 17.8 Å². The molecule has 0 fully saturated rings. The molecule has 0 saturated carbocycles. The molecule has 0 spiro atoms. The molecule has 0 aliphatic carbocycles. The van der Waals surface area contributed by atoms with Gasteiger partial charge in [-0.25, -0.2) is 4.98 Å². The maximum atomic E-state index is 12.3. The first-order chi connectivity index (χ1) is 12.2. The number of carbonyl (C=O) groups is 2. The maximum absolute atomic E-state index is 12.3. The van der Waals surface area contributed by atoms with Crippen LogP contribution in [-0.2, 0) is 11.3 Å². The third-order valence-electron chi connectivity index (χ3n) is 3.59. The normalized spacial score (nSPS) is 10.2. The Kier molecular flexibility index (Phi) is 4.72. The average molecular weight is 333 g/mol. The van der Waals surface area contributed by atoms with Crippen molar-refractivity contribution in [3.8, 4) is 6.07 Å². The van der Waals surface area contributed by atoms with Crippen molar-refractivity contribution in [3.05, 3.63) is 59.9 Å². The van der Waals surface area contributed by atoms with Crippen molar-refractivity contribution in [1.82, 2.24) is 15.3 Å². The SMILES string of the molecule is N#CCC(=O)Nc1cccc(CNC(=O)c2ccc3nc[nH]c3c2)c1. The number of hydrogen-bond acceptors (Lipinski definition) is 4. The Morgan fingerprint density at radius 1 is 1.20 bits per heavy atom. The molecule has 1 heterocycles. The second kappa shape index (κ2) is 7.27. The van der Waals surface area contributed by atoms with E-state index in [1.807, 2.05) is 6.07 Å². The van der Waals surface area contributed by atoms with Gasteiger partial charge >= 0.3 is 0 Å². The summed E-state index contributed by atoms with van der Waals surface area (Å²) < 4.78 is 0. The fourth-order valence-electron chi connectivity index (χ4n) is 2.40. The van der Waals surface area contributed by atoms with Crippen LogP contribution in [0.3, 0.4) is 0 Å². The number of H-pyrrole nitrogens is 1. The Bertz CT molecular complexity index is 971. The number of amides is 2. The van der Waals surface area contributed by atoms with Gasteiger partial charge in [0.1, 0.15) is 6.42 Å². The lowest BCUT2D eigenvalue weighted by Crippen LogP contribution is -2.22. The molecule has 0 unspecified atom stereocenters. The number of rotatable bonds is 5. The van der Waals surface area contributed by atoms with Gasteiger partial charge in [0, 0.05) is 17.8 Å². The van der Waals surface area contributed by atoms with Crippen LogP contribution < -0.4 is 10.6 Å². The number of anilines is 1. The van der Waals surface area contributed by atoms with E-state index in [4.69, 9.17) is 5.26 Å². The molecular weight excluding hydrogens is 318 g/mol. The Balaban J connectivity index is 1.63. The first-order valence-corrected chi connectivity index (χ1v) is 7.63. The molecule has 3 rings (SSSR count). The molecule has 25 heavy (non-hydrogen) atoms. The first kappa shape index (κ1) is 16.2. The Hall–Kier alpha value is -3.66. The van der Waals surface area contributed by atoms with Gasteiger partial charge in [0.25, 0.3) is 5.91 Å². The summed E-state index contributed by atoms with van der Waals surface area (Å²) in [7, 11) is 0. The molecule has 7 nitrogen and oxygen atoms in total. The highest BCUT2D eigenvalue weighted by Gasteiger charge is 2.08. The van der Waals surface area contributed by atoms with Crippen LogP contribution in [0.1, 0.15) is 22.3 Å². The highest BCUT2D eigenvalue weighted by Crippen LogP contribution is 2.13. The summed E-state index contributed by atoms with van der Waals surface area (Å²) in [6.45, 7) is 0.321. The van der Waals surface area contributed by atoms with E-state index in [0.717, 1.165) is 16.6 Å². The van der Waals surface area contributed by atoms with E-state index in [2.05, 4.69) is 20.6 Å². The number of nitrogens with zero attached hydrogens (tertiary/aromatic N) is 2. The number of fused-ring (bicyclic) bond motifs is 1. The predicted molar refractivity (Wildman–Crippen MR) is 92.6 cm³/mol. The van der Waals surface area contributed by atoms with Crippen LogP contribution in [0.4, 0.5) is 5.69 Å². The van der Waals surface area contributed by atoms with Gasteiger partial charge in [-0.15, -0.1) is 0 Å². The minimum absolute atomic E-state index is 0.197. The van der Waals surface area contributed by atoms with Crippen molar-refractivity contribution in [2.45, 2.75) is 13.0 Å². The van der Waals surface area contributed by atoms with Crippen LogP contribution in [-0.4, -0.2) is 21.8 Å². The van der Waals surface area contributed by atoms with E-state index in [-0.39, 0.29) is 18.2 Å². The van der Waals surface area contributed by atoms with Crippen molar-refractivity contribution in [3.63, 3.8) is 0 Å². The van der Waals surface area contributed by atoms with Crippen LogP contribution in [0.25, 0.3) is 11.0 Å². The van der Waals surface area contributed by atoms with Crippen molar-refractivity contribution in [2.24, 2.45) is 0 Å². The molecule has 124 valence electrons. The Morgan fingerprint density at radius 3 is 2.92 bits per heavy atom. The molecule has 2 amide bonds. The average Bonchev–Trinajstić information content (AvgIpc) is 3.08. The summed E-state index contributed by atoms with van der Waals surface area (Å²) >= 11 is 0. The summed E-state index contributed by atoms with van der Waals surface area (Å²) in [5.41, 5.74) is 3.57. The lowest BCUT2D eigenvalue weighted by molar-refractivity contribution is -0.115. The summed E-state index contributed by atoms with van der Waals surface area (Å²) in [5.74, 6) is -0.563. The summed E-state index contributed by atoms with van der Waals surface area (Å²) in [6.07, 6.45) is 1.38. The van der Waals surface area contributed by atoms with Crippen molar-refractivity contribution in [2.75, 3.05) is 5.32 Å². The highest BCUT2D eigenvalue weighted by molar-refractivity contribution is 5.97. The number of hydrogen-bond donors (Lipinski definition) is 3. The van der Waals surface area contributed by atoms with Gasteiger partial charge in [0.05, 0.1) is 23.4 Å². The van der Waals surface area contributed by atoms with Crippen LogP contribution in [0, 0.1) is 11.3 Å². The predicted octanol–water partition coefficient (Wildman–Crippen LogP) is 2.35. The lowest BCUT2D eigenvalue weighted by atomic mass is 10.1. The monoisotopic (exact) mass is 333 g/mol. The molecule has 2 aromatic carbocycles. The molecule has 0 bridgehead atoms. The third kappa shape index (κ3) is 4.00. The maximum Gasteiger partial charge on any atom is 0.251 e. The number of aromatic amines is 1. The van der Waals surface area contributed by atoms with Crippen LogP contribution in [0.5, 0.6) is 0 Å². The molecule has 0 atom stereocenters. The van der Waals surface area contributed by atoms with Crippen molar-refractivity contribution in [1.29, 1.82) is 5.26 Å². The lowest BCUT2D eigenvalue weighted by Gasteiger charge is -2.08.